The van der Waals surface area contributed by atoms with Crippen LogP contribution in [0.5, 0.6) is 0 Å². The van der Waals surface area contributed by atoms with Gasteiger partial charge >= 0.3 is 6.03 Å². The molecule has 3 rings (SSSR count). The molecule has 1 saturated carbocycles. The van der Waals surface area contributed by atoms with Gasteiger partial charge in [0.2, 0.25) is 23.4 Å². The molecule has 2 N–H and O–H groups in total. The Morgan fingerprint density at radius 2 is 2.00 bits per heavy atom. The Bertz CT molecular complexity index is 697. The highest BCUT2D eigenvalue weighted by atomic mass is 16.4. The van der Waals surface area contributed by atoms with Gasteiger partial charge in [-0.3, -0.25) is 15.0 Å². The van der Waals surface area contributed by atoms with E-state index in [1.54, 1.807) is 6.92 Å². The minimum absolute atomic E-state index is 0.332. The van der Waals surface area contributed by atoms with Crippen molar-refractivity contribution >= 4 is 17.8 Å². The molecule has 0 bridgehead atoms. The lowest BCUT2D eigenvalue weighted by atomic mass is 10.2. The van der Waals surface area contributed by atoms with Crippen LogP contribution in [0.4, 0.5) is 10.7 Å². The first-order valence-electron chi connectivity index (χ1n) is 8.46. The molecule has 1 atom stereocenters. The molecule has 2 heterocycles. The zero-order chi connectivity index (χ0) is 18.0. The topological polar surface area (TPSA) is 114 Å². The average Bonchev–Trinajstić information content (AvgIpc) is 3.40. The summed E-state index contributed by atoms with van der Waals surface area (Å²) >= 11 is 0. The van der Waals surface area contributed by atoms with Crippen molar-refractivity contribution in [1.29, 1.82) is 5.26 Å². The summed E-state index contributed by atoms with van der Waals surface area (Å²) in [6, 6.07) is 1.19. The maximum Gasteiger partial charge on any atom is 0.321 e. The highest BCUT2D eigenvalue weighted by Gasteiger charge is 2.33. The smallest absolute Gasteiger partial charge is 0.321 e. The van der Waals surface area contributed by atoms with Crippen molar-refractivity contribution in [2.75, 3.05) is 38.1 Å². The van der Waals surface area contributed by atoms with Crippen molar-refractivity contribution in [1.82, 2.24) is 20.5 Å². The molecule has 2 aliphatic rings. The maximum atomic E-state index is 12.0. The van der Waals surface area contributed by atoms with Crippen LogP contribution in [-0.2, 0) is 4.79 Å². The summed E-state index contributed by atoms with van der Waals surface area (Å²) in [6.07, 6.45) is 2.13. The number of aromatic nitrogens is 1. The van der Waals surface area contributed by atoms with Crippen LogP contribution >= 0.6 is 0 Å². The Hall–Kier alpha value is -2.60. The summed E-state index contributed by atoms with van der Waals surface area (Å²) in [6.45, 7) is 4.30. The Balaban J connectivity index is 1.59. The number of carbonyl (C=O) groups is 2. The average molecular weight is 346 g/mol. The van der Waals surface area contributed by atoms with Crippen LogP contribution in [0, 0.1) is 11.3 Å². The van der Waals surface area contributed by atoms with Crippen molar-refractivity contribution in [3.63, 3.8) is 0 Å². The monoisotopic (exact) mass is 346 g/mol. The van der Waals surface area contributed by atoms with Crippen LogP contribution in [0.15, 0.2) is 4.42 Å². The molecule has 1 aromatic rings. The fourth-order valence-corrected chi connectivity index (χ4v) is 2.88. The number of anilines is 1. The lowest BCUT2D eigenvalue weighted by Crippen LogP contribution is -2.55. The van der Waals surface area contributed by atoms with E-state index in [4.69, 9.17) is 4.42 Å². The summed E-state index contributed by atoms with van der Waals surface area (Å²) in [4.78, 5) is 31.6. The van der Waals surface area contributed by atoms with Gasteiger partial charge in [0, 0.05) is 39.1 Å². The number of imide groups is 1. The Morgan fingerprint density at radius 1 is 1.32 bits per heavy atom. The van der Waals surface area contributed by atoms with Gasteiger partial charge in [0.1, 0.15) is 6.07 Å². The van der Waals surface area contributed by atoms with E-state index in [1.807, 2.05) is 9.80 Å². The first kappa shape index (κ1) is 17.2. The highest BCUT2D eigenvalue weighted by Crippen LogP contribution is 2.41. The van der Waals surface area contributed by atoms with E-state index in [-0.39, 0.29) is 5.91 Å². The predicted octanol–water partition coefficient (Wildman–Crippen LogP) is 0.390. The largest absolute Gasteiger partial charge is 0.423 e. The van der Waals surface area contributed by atoms with E-state index in [9.17, 15) is 14.9 Å². The Labute approximate surface area is 146 Å². The highest BCUT2D eigenvalue weighted by molar-refractivity contribution is 5.96. The van der Waals surface area contributed by atoms with Crippen molar-refractivity contribution in [3.05, 3.63) is 11.6 Å². The van der Waals surface area contributed by atoms with Crippen LogP contribution in [0.2, 0.25) is 0 Å². The number of nitrogens with one attached hydrogen (secondary N) is 2. The Kier molecular flexibility index (Phi) is 4.90. The first-order chi connectivity index (χ1) is 12.0. The third-order valence-corrected chi connectivity index (χ3v) is 4.65. The van der Waals surface area contributed by atoms with E-state index >= 15 is 0 Å². The molecular weight excluding hydrogens is 324 g/mol. The van der Waals surface area contributed by atoms with E-state index in [2.05, 4.69) is 21.7 Å². The number of piperazine rings is 1. The van der Waals surface area contributed by atoms with Gasteiger partial charge in [-0.1, -0.05) is 0 Å². The number of carbonyl (C=O) groups excluding carboxylic acids is 2. The van der Waals surface area contributed by atoms with Crippen molar-refractivity contribution in [3.8, 4) is 6.07 Å². The standard InChI is InChI=1S/C16H22N6O3/c1-10(13(23)20-16(24)18-2)21-5-7-22(8-6-21)15-12(9-17)19-14(25-15)11-3-4-11/h10-11H,3-8H2,1-2H3,(H2,18,20,23,24)/t10-/m1/s1. The second-order valence-corrected chi connectivity index (χ2v) is 6.36. The fourth-order valence-electron chi connectivity index (χ4n) is 2.88. The third-order valence-electron chi connectivity index (χ3n) is 4.65. The summed E-state index contributed by atoms with van der Waals surface area (Å²) in [7, 11) is 1.46. The van der Waals surface area contributed by atoms with E-state index in [0.717, 1.165) is 12.8 Å². The molecule has 9 nitrogen and oxygen atoms in total. The number of urea groups is 1. The number of hydrogen-bond acceptors (Lipinski definition) is 7. The molecule has 0 spiro atoms. The molecule has 1 aromatic heterocycles. The second-order valence-electron chi connectivity index (χ2n) is 6.36. The Morgan fingerprint density at radius 3 is 2.56 bits per heavy atom. The van der Waals surface area contributed by atoms with Gasteiger partial charge in [-0.15, -0.1) is 0 Å². The molecule has 134 valence electrons. The second kappa shape index (κ2) is 7.11. The van der Waals surface area contributed by atoms with Crippen molar-refractivity contribution in [2.24, 2.45) is 0 Å². The van der Waals surface area contributed by atoms with Crippen LogP contribution < -0.4 is 15.5 Å². The number of rotatable bonds is 4. The van der Waals surface area contributed by atoms with E-state index in [1.165, 1.54) is 7.05 Å². The van der Waals surface area contributed by atoms with Gasteiger partial charge in [0.05, 0.1) is 6.04 Å². The van der Waals surface area contributed by atoms with Gasteiger partial charge in [0.25, 0.3) is 0 Å². The number of oxazole rings is 1. The first-order valence-corrected chi connectivity index (χ1v) is 8.46. The SMILES string of the molecule is CNC(=O)NC(=O)[C@@H](C)N1CCN(c2oc(C3CC3)nc2C#N)CC1. The van der Waals surface area contributed by atoms with Gasteiger partial charge in [-0.25, -0.2) is 9.78 Å². The molecule has 2 fully saturated rings. The summed E-state index contributed by atoms with van der Waals surface area (Å²) in [5.74, 6) is 1.22. The quantitative estimate of drug-likeness (QED) is 0.810. The molecule has 1 aliphatic carbocycles. The maximum absolute atomic E-state index is 12.0. The van der Waals surface area contributed by atoms with E-state index < -0.39 is 12.1 Å². The number of amides is 3. The van der Waals surface area contributed by atoms with Crippen LogP contribution in [0.1, 0.15) is 37.3 Å². The number of nitriles is 1. The molecule has 0 radical (unpaired) electrons. The van der Waals surface area contributed by atoms with Crippen LogP contribution in [-0.4, -0.2) is 61.1 Å². The normalized spacial score (nSPS) is 19.2. The van der Waals surface area contributed by atoms with Crippen molar-refractivity contribution < 1.29 is 14.0 Å². The number of hydrogen-bond donors (Lipinski definition) is 2. The molecule has 0 aromatic carbocycles. The van der Waals surface area contributed by atoms with Crippen molar-refractivity contribution in [2.45, 2.75) is 31.7 Å². The third kappa shape index (κ3) is 3.74. The van der Waals surface area contributed by atoms with Gasteiger partial charge in [-0.05, 0) is 19.8 Å². The lowest BCUT2D eigenvalue weighted by Gasteiger charge is -2.37. The minimum atomic E-state index is -0.511. The molecule has 3 amide bonds. The van der Waals surface area contributed by atoms with Crippen LogP contribution in [0.3, 0.4) is 0 Å². The molecular formula is C16H22N6O3. The van der Waals surface area contributed by atoms with Gasteiger partial charge in [-0.2, -0.15) is 5.26 Å². The molecule has 1 aliphatic heterocycles. The zero-order valence-electron chi connectivity index (χ0n) is 14.4. The summed E-state index contributed by atoms with van der Waals surface area (Å²) < 4.78 is 5.82. The summed E-state index contributed by atoms with van der Waals surface area (Å²) in [5.41, 5.74) is 0.334. The minimum Gasteiger partial charge on any atom is -0.423 e. The predicted molar refractivity (Wildman–Crippen MR) is 89.0 cm³/mol. The fraction of sp³-hybridized carbons (Fsp3) is 0.625. The zero-order valence-corrected chi connectivity index (χ0v) is 14.4. The van der Waals surface area contributed by atoms with Gasteiger partial charge < -0.3 is 14.6 Å². The molecule has 9 heteroatoms. The molecule has 25 heavy (non-hydrogen) atoms. The van der Waals surface area contributed by atoms with Gasteiger partial charge in [0.15, 0.2) is 0 Å². The lowest BCUT2D eigenvalue weighted by molar-refractivity contribution is -0.124. The molecule has 1 saturated heterocycles. The molecule has 0 unspecified atom stereocenters. The number of nitrogens with zero attached hydrogens (tertiary/aromatic N) is 4. The van der Waals surface area contributed by atoms with Crippen LogP contribution in [0.25, 0.3) is 0 Å². The van der Waals surface area contributed by atoms with E-state index in [0.29, 0.717) is 49.6 Å². The summed E-state index contributed by atoms with van der Waals surface area (Å²) in [5, 5.41) is 13.9.